The average Bonchev–Trinajstić information content (AvgIpc) is 2.59. The molecule has 0 aromatic carbocycles. The van der Waals surface area contributed by atoms with Crippen LogP contribution in [-0.4, -0.2) is 28.1 Å². The van der Waals surface area contributed by atoms with Gasteiger partial charge in [-0.1, -0.05) is 13.8 Å². The first kappa shape index (κ1) is 10.9. The lowest BCUT2D eigenvalue weighted by molar-refractivity contribution is -0.502. The largest absolute Gasteiger partial charge is 0.623 e. The van der Waals surface area contributed by atoms with Crippen LogP contribution in [0.3, 0.4) is 0 Å². The Hall–Kier alpha value is -1.19. The quantitative estimate of drug-likeness (QED) is 0.384. The Bertz CT molecular complexity index is 278. The van der Waals surface area contributed by atoms with Crippen LogP contribution in [0.4, 0.5) is 0 Å². The summed E-state index contributed by atoms with van der Waals surface area (Å²) in [5.41, 5.74) is -1.39. The highest BCUT2D eigenvalue weighted by Crippen LogP contribution is 2.27. The van der Waals surface area contributed by atoms with E-state index in [1.807, 2.05) is 0 Å². The van der Waals surface area contributed by atoms with E-state index in [0.29, 0.717) is 17.6 Å². The monoisotopic (exact) mass is 197 g/mol. The summed E-state index contributed by atoms with van der Waals surface area (Å²) in [5, 5.41) is 11.5. The zero-order valence-electron chi connectivity index (χ0n) is 8.58. The molecule has 1 rings (SSSR count). The van der Waals surface area contributed by atoms with Gasteiger partial charge < -0.3 is 5.21 Å². The SMILES string of the molecule is CCC(=O)C1(C(=O)CC)CCC=[N+]1[O-]. The fourth-order valence-electron chi connectivity index (χ4n) is 1.92. The lowest BCUT2D eigenvalue weighted by atomic mass is 9.84. The molecule has 1 aliphatic heterocycles. The van der Waals surface area contributed by atoms with Gasteiger partial charge in [0, 0.05) is 25.7 Å². The number of Topliss-reactive ketones (excluding diaryl/α,β-unsaturated/α-hetero) is 2. The van der Waals surface area contributed by atoms with Crippen LogP contribution in [0, 0.1) is 5.21 Å². The Morgan fingerprint density at radius 3 is 2.14 bits per heavy atom. The Morgan fingerprint density at radius 1 is 1.36 bits per heavy atom. The molecule has 1 aliphatic rings. The number of carbonyl (C=O) groups is 2. The van der Waals surface area contributed by atoms with Crippen LogP contribution in [-0.2, 0) is 9.59 Å². The highest BCUT2D eigenvalue weighted by atomic mass is 16.5. The van der Waals surface area contributed by atoms with Crippen molar-refractivity contribution in [1.82, 2.24) is 0 Å². The van der Waals surface area contributed by atoms with Gasteiger partial charge in [0.15, 0.2) is 6.21 Å². The van der Waals surface area contributed by atoms with Crippen LogP contribution in [0.5, 0.6) is 0 Å². The summed E-state index contributed by atoms with van der Waals surface area (Å²) < 4.78 is 0.560. The summed E-state index contributed by atoms with van der Waals surface area (Å²) in [6, 6.07) is 0. The zero-order chi connectivity index (χ0) is 10.8. The van der Waals surface area contributed by atoms with Crippen LogP contribution in [0.25, 0.3) is 0 Å². The summed E-state index contributed by atoms with van der Waals surface area (Å²) >= 11 is 0. The molecule has 0 saturated carbocycles. The number of nitrogens with zero attached hydrogens (tertiary/aromatic N) is 1. The van der Waals surface area contributed by atoms with E-state index in [9.17, 15) is 14.8 Å². The molecule has 78 valence electrons. The second-order valence-electron chi connectivity index (χ2n) is 3.46. The highest BCUT2D eigenvalue weighted by Gasteiger charge is 2.53. The molecule has 0 unspecified atom stereocenters. The standard InChI is InChI=1S/C10H15NO3/c1-3-8(12)10(9(13)4-2)6-5-7-11(10)14/h7H,3-6H2,1-2H3. The number of hydroxylamine groups is 1. The zero-order valence-corrected chi connectivity index (χ0v) is 8.58. The maximum atomic E-state index is 11.7. The van der Waals surface area contributed by atoms with Gasteiger partial charge in [-0.15, -0.1) is 0 Å². The van der Waals surface area contributed by atoms with Gasteiger partial charge in [0.1, 0.15) is 0 Å². The molecule has 0 aromatic rings. The topological polar surface area (TPSA) is 60.2 Å². The summed E-state index contributed by atoms with van der Waals surface area (Å²) in [6.07, 6.45) is 2.72. The predicted octanol–water partition coefficient (Wildman–Crippen LogP) is 1.06. The van der Waals surface area contributed by atoms with Crippen molar-refractivity contribution in [2.75, 3.05) is 0 Å². The Balaban J connectivity index is 3.09. The molecule has 0 fully saturated rings. The first-order valence-corrected chi connectivity index (χ1v) is 4.96. The van der Waals surface area contributed by atoms with Crippen molar-refractivity contribution in [3.8, 4) is 0 Å². The number of rotatable bonds is 4. The number of carbonyl (C=O) groups excluding carboxylic acids is 2. The molecule has 0 aliphatic carbocycles. The van der Waals surface area contributed by atoms with Gasteiger partial charge in [-0.3, -0.25) is 9.59 Å². The Morgan fingerprint density at radius 2 is 1.86 bits per heavy atom. The van der Waals surface area contributed by atoms with E-state index in [1.54, 1.807) is 13.8 Å². The molecule has 0 radical (unpaired) electrons. The fourth-order valence-corrected chi connectivity index (χ4v) is 1.92. The summed E-state index contributed by atoms with van der Waals surface area (Å²) in [7, 11) is 0. The minimum atomic E-state index is -1.39. The molecule has 14 heavy (non-hydrogen) atoms. The van der Waals surface area contributed by atoms with E-state index >= 15 is 0 Å². The molecule has 4 nitrogen and oxygen atoms in total. The average molecular weight is 197 g/mol. The third-order valence-electron chi connectivity index (χ3n) is 2.74. The molecule has 0 aromatic heterocycles. The molecular weight excluding hydrogens is 182 g/mol. The second kappa shape index (κ2) is 3.90. The molecule has 0 N–H and O–H groups in total. The van der Waals surface area contributed by atoms with Crippen molar-refractivity contribution in [3.63, 3.8) is 0 Å². The van der Waals surface area contributed by atoms with Gasteiger partial charge in [0.25, 0.3) is 5.54 Å². The van der Waals surface area contributed by atoms with E-state index < -0.39 is 5.54 Å². The van der Waals surface area contributed by atoms with Crippen molar-refractivity contribution in [3.05, 3.63) is 5.21 Å². The van der Waals surface area contributed by atoms with E-state index in [2.05, 4.69) is 0 Å². The van der Waals surface area contributed by atoms with Crippen molar-refractivity contribution in [2.24, 2.45) is 0 Å². The molecule has 4 heteroatoms. The van der Waals surface area contributed by atoms with Gasteiger partial charge in [0.2, 0.25) is 11.6 Å². The summed E-state index contributed by atoms with van der Waals surface area (Å²) in [4.78, 5) is 23.3. The fraction of sp³-hybridized carbons (Fsp3) is 0.700. The maximum absolute atomic E-state index is 11.7. The minimum absolute atomic E-state index is 0.234. The van der Waals surface area contributed by atoms with E-state index in [-0.39, 0.29) is 24.4 Å². The van der Waals surface area contributed by atoms with Crippen molar-refractivity contribution >= 4 is 17.8 Å². The number of ketones is 2. The summed E-state index contributed by atoms with van der Waals surface area (Å²) in [6.45, 7) is 3.36. The highest BCUT2D eigenvalue weighted by molar-refractivity contribution is 6.10. The van der Waals surface area contributed by atoms with Crippen molar-refractivity contribution < 1.29 is 14.3 Å². The van der Waals surface area contributed by atoms with Crippen molar-refractivity contribution in [1.29, 1.82) is 0 Å². The smallest absolute Gasteiger partial charge is 0.288 e. The van der Waals surface area contributed by atoms with E-state index in [0.717, 1.165) is 0 Å². The Kier molecular flexibility index (Phi) is 3.03. The second-order valence-corrected chi connectivity index (χ2v) is 3.46. The van der Waals surface area contributed by atoms with E-state index in [4.69, 9.17) is 0 Å². The number of hydrogen-bond acceptors (Lipinski definition) is 3. The molecule has 0 amide bonds. The van der Waals surface area contributed by atoms with Crippen LogP contribution in [0.2, 0.25) is 0 Å². The van der Waals surface area contributed by atoms with Crippen LogP contribution in [0.1, 0.15) is 39.5 Å². The minimum Gasteiger partial charge on any atom is -0.623 e. The van der Waals surface area contributed by atoms with Crippen LogP contribution < -0.4 is 0 Å². The first-order chi connectivity index (χ1) is 6.59. The van der Waals surface area contributed by atoms with Crippen LogP contribution in [0.15, 0.2) is 0 Å². The van der Waals surface area contributed by atoms with Gasteiger partial charge in [-0.2, -0.15) is 4.74 Å². The maximum Gasteiger partial charge on any atom is 0.288 e. The third-order valence-corrected chi connectivity index (χ3v) is 2.74. The van der Waals surface area contributed by atoms with Gasteiger partial charge in [-0.05, 0) is 0 Å². The third kappa shape index (κ3) is 1.35. The molecule has 0 bridgehead atoms. The predicted molar refractivity (Wildman–Crippen MR) is 52.3 cm³/mol. The van der Waals surface area contributed by atoms with Crippen LogP contribution >= 0.6 is 0 Å². The molecule has 0 spiro atoms. The number of hydrogen-bond donors (Lipinski definition) is 0. The molecule has 1 heterocycles. The Labute approximate surface area is 83.2 Å². The lowest BCUT2D eigenvalue weighted by Gasteiger charge is -2.23. The van der Waals surface area contributed by atoms with Gasteiger partial charge >= 0.3 is 0 Å². The molecular formula is C10H15NO3. The van der Waals surface area contributed by atoms with Gasteiger partial charge in [0.05, 0.1) is 0 Å². The normalized spacial score (nSPS) is 19.1. The molecule has 0 atom stereocenters. The van der Waals surface area contributed by atoms with E-state index in [1.165, 1.54) is 6.21 Å². The lowest BCUT2D eigenvalue weighted by Crippen LogP contribution is -2.51. The molecule has 0 saturated heterocycles. The summed E-state index contributed by atoms with van der Waals surface area (Å²) in [5.74, 6) is -0.513. The van der Waals surface area contributed by atoms with Crippen molar-refractivity contribution in [2.45, 2.75) is 45.1 Å². The first-order valence-electron chi connectivity index (χ1n) is 4.96. The van der Waals surface area contributed by atoms with Gasteiger partial charge in [-0.25, -0.2) is 0 Å².